The Hall–Kier alpha value is -0.120. The van der Waals surface area contributed by atoms with Crippen molar-refractivity contribution in [2.24, 2.45) is 11.8 Å². The first-order valence-corrected chi connectivity index (χ1v) is 6.84. The van der Waals surface area contributed by atoms with Crippen molar-refractivity contribution >= 4 is 0 Å². The molecular weight excluding hydrogens is 202 g/mol. The van der Waals surface area contributed by atoms with Crippen molar-refractivity contribution in [1.82, 2.24) is 5.32 Å². The van der Waals surface area contributed by atoms with E-state index in [9.17, 15) is 10.2 Å². The quantitative estimate of drug-likeness (QED) is 0.641. The molecule has 3 heteroatoms. The molecule has 2 rings (SSSR count). The van der Waals surface area contributed by atoms with Gasteiger partial charge in [0.2, 0.25) is 0 Å². The first-order chi connectivity index (χ1) is 7.77. The van der Waals surface area contributed by atoms with Crippen molar-refractivity contribution in [2.75, 3.05) is 13.1 Å². The van der Waals surface area contributed by atoms with Gasteiger partial charge in [0.05, 0.1) is 12.2 Å². The fourth-order valence-corrected chi connectivity index (χ4v) is 2.70. The van der Waals surface area contributed by atoms with Crippen LogP contribution < -0.4 is 5.32 Å². The van der Waals surface area contributed by atoms with E-state index in [4.69, 9.17) is 0 Å². The Balaban J connectivity index is 1.55. The van der Waals surface area contributed by atoms with E-state index in [1.165, 1.54) is 32.1 Å². The summed E-state index contributed by atoms with van der Waals surface area (Å²) in [5, 5.41) is 22.8. The summed E-state index contributed by atoms with van der Waals surface area (Å²) in [6.07, 6.45) is 7.86. The van der Waals surface area contributed by atoms with E-state index in [1.54, 1.807) is 0 Å². The fraction of sp³-hybridized carbons (Fsp3) is 1.00. The number of aliphatic hydroxyl groups excluding tert-OH is 2. The molecule has 0 aromatic rings. The molecule has 0 aliphatic heterocycles. The molecule has 0 aromatic heterocycles. The van der Waals surface area contributed by atoms with Crippen LogP contribution in [0.15, 0.2) is 0 Å². The molecular formula is C13H25NO2. The van der Waals surface area contributed by atoms with Gasteiger partial charge in [0.1, 0.15) is 0 Å². The summed E-state index contributed by atoms with van der Waals surface area (Å²) in [6, 6.07) is 0. The first-order valence-electron chi connectivity index (χ1n) is 6.84. The Kier molecular flexibility index (Phi) is 4.62. The SMILES string of the molecule is O[C@H](CNCC1CCCCC1)[C@@H](O)C1CC1. The van der Waals surface area contributed by atoms with E-state index in [2.05, 4.69) is 5.32 Å². The molecule has 0 spiro atoms. The summed E-state index contributed by atoms with van der Waals surface area (Å²) in [4.78, 5) is 0. The molecule has 2 fully saturated rings. The number of rotatable bonds is 6. The Morgan fingerprint density at radius 3 is 2.31 bits per heavy atom. The summed E-state index contributed by atoms with van der Waals surface area (Å²) < 4.78 is 0. The molecule has 2 saturated carbocycles. The number of hydrogen-bond donors (Lipinski definition) is 3. The molecule has 2 aliphatic rings. The van der Waals surface area contributed by atoms with Gasteiger partial charge in [0.15, 0.2) is 0 Å². The standard InChI is InChI=1S/C13H25NO2/c15-12(13(16)11-6-7-11)9-14-8-10-4-2-1-3-5-10/h10-16H,1-9H2/t12-,13+/m1/s1. The van der Waals surface area contributed by atoms with Gasteiger partial charge in [0, 0.05) is 6.54 Å². The average molecular weight is 227 g/mol. The van der Waals surface area contributed by atoms with Gasteiger partial charge in [-0.1, -0.05) is 19.3 Å². The smallest absolute Gasteiger partial charge is 0.0925 e. The average Bonchev–Trinajstić information content (AvgIpc) is 3.13. The van der Waals surface area contributed by atoms with Crippen molar-refractivity contribution in [3.63, 3.8) is 0 Å². The second-order valence-corrected chi connectivity index (χ2v) is 5.56. The zero-order valence-electron chi connectivity index (χ0n) is 10.1. The molecule has 16 heavy (non-hydrogen) atoms. The first kappa shape index (κ1) is 12.3. The highest BCUT2D eigenvalue weighted by Gasteiger charge is 2.34. The molecule has 0 radical (unpaired) electrons. The zero-order valence-corrected chi connectivity index (χ0v) is 10.1. The van der Waals surface area contributed by atoms with E-state index >= 15 is 0 Å². The topological polar surface area (TPSA) is 52.5 Å². The normalized spacial score (nSPS) is 26.6. The lowest BCUT2D eigenvalue weighted by Gasteiger charge is -2.23. The highest BCUT2D eigenvalue weighted by Crippen LogP contribution is 2.33. The highest BCUT2D eigenvalue weighted by atomic mass is 16.3. The molecule has 2 atom stereocenters. The maximum Gasteiger partial charge on any atom is 0.0925 e. The van der Waals surface area contributed by atoms with Crippen LogP contribution in [-0.2, 0) is 0 Å². The van der Waals surface area contributed by atoms with Gasteiger partial charge in [-0.2, -0.15) is 0 Å². The number of hydrogen-bond acceptors (Lipinski definition) is 3. The third-order valence-corrected chi connectivity index (χ3v) is 4.01. The van der Waals surface area contributed by atoms with E-state index in [-0.39, 0.29) is 0 Å². The summed E-state index contributed by atoms with van der Waals surface area (Å²) in [5.41, 5.74) is 0. The molecule has 0 saturated heterocycles. The van der Waals surface area contributed by atoms with Crippen molar-refractivity contribution in [3.8, 4) is 0 Å². The Labute approximate surface area is 98.2 Å². The van der Waals surface area contributed by atoms with Gasteiger partial charge < -0.3 is 15.5 Å². The van der Waals surface area contributed by atoms with Crippen LogP contribution in [0, 0.1) is 11.8 Å². The Morgan fingerprint density at radius 1 is 1.00 bits per heavy atom. The van der Waals surface area contributed by atoms with Crippen LogP contribution in [-0.4, -0.2) is 35.5 Å². The lowest BCUT2D eigenvalue weighted by Crippen LogP contribution is -2.39. The second kappa shape index (κ2) is 5.99. The summed E-state index contributed by atoms with van der Waals surface area (Å²) in [7, 11) is 0. The van der Waals surface area contributed by atoms with Crippen molar-refractivity contribution in [3.05, 3.63) is 0 Å². The van der Waals surface area contributed by atoms with Crippen LogP contribution >= 0.6 is 0 Å². The van der Waals surface area contributed by atoms with Gasteiger partial charge in [0.25, 0.3) is 0 Å². The predicted octanol–water partition coefficient (Wildman–Crippen LogP) is 1.29. The van der Waals surface area contributed by atoms with Gasteiger partial charge in [-0.3, -0.25) is 0 Å². The van der Waals surface area contributed by atoms with Crippen LogP contribution in [0.3, 0.4) is 0 Å². The number of aliphatic hydroxyl groups is 2. The lowest BCUT2D eigenvalue weighted by molar-refractivity contribution is 0.00646. The monoisotopic (exact) mass is 227 g/mol. The molecule has 0 amide bonds. The molecule has 94 valence electrons. The lowest BCUT2D eigenvalue weighted by atomic mass is 9.89. The van der Waals surface area contributed by atoms with E-state index in [1.807, 2.05) is 0 Å². The zero-order chi connectivity index (χ0) is 11.4. The van der Waals surface area contributed by atoms with E-state index in [0.717, 1.165) is 25.3 Å². The summed E-state index contributed by atoms with van der Waals surface area (Å²) in [6.45, 7) is 1.56. The molecule has 0 unspecified atom stereocenters. The molecule has 2 aliphatic carbocycles. The molecule has 0 aromatic carbocycles. The molecule has 3 nitrogen and oxygen atoms in total. The van der Waals surface area contributed by atoms with Crippen molar-refractivity contribution in [1.29, 1.82) is 0 Å². The van der Waals surface area contributed by atoms with E-state index < -0.39 is 12.2 Å². The third-order valence-electron chi connectivity index (χ3n) is 4.01. The molecule has 0 heterocycles. The maximum absolute atomic E-state index is 9.75. The van der Waals surface area contributed by atoms with Gasteiger partial charge in [-0.05, 0) is 44.1 Å². The van der Waals surface area contributed by atoms with Crippen LogP contribution in [0.4, 0.5) is 0 Å². The van der Waals surface area contributed by atoms with Gasteiger partial charge in [-0.25, -0.2) is 0 Å². The Bertz CT molecular complexity index is 200. The second-order valence-electron chi connectivity index (χ2n) is 5.56. The Morgan fingerprint density at radius 2 is 1.69 bits per heavy atom. The van der Waals surface area contributed by atoms with Crippen molar-refractivity contribution < 1.29 is 10.2 Å². The predicted molar refractivity (Wildman–Crippen MR) is 64.2 cm³/mol. The molecule has 0 bridgehead atoms. The van der Waals surface area contributed by atoms with Crippen LogP contribution in [0.1, 0.15) is 44.9 Å². The minimum absolute atomic E-state index is 0.367. The van der Waals surface area contributed by atoms with Crippen LogP contribution in [0.5, 0.6) is 0 Å². The van der Waals surface area contributed by atoms with Crippen LogP contribution in [0.2, 0.25) is 0 Å². The third kappa shape index (κ3) is 3.72. The minimum Gasteiger partial charge on any atom is -0.390 e. The minimum atomic E-state index is -0.573. The summed E-state index contributed by atoms with van der Waals surface area (Å²) in [5.74, 6) is 1.16. The van der Waals surface area contributed by atoms with E-state index in [0.29, 0.717) is 12.5 Å². The van der Waals surface area contributed by atoms with Crippen LogP contribution in [0.25, 0.3) is 0 Å². The summed E-state index contributed by atoms with van der Waals surface area (Å²) >= 11 is 0. The maximum atomic E-state index is 9.75. The number of nitrogens with one attached hydrogen (secondary N) is 1. The van der Waals surface area contributed by atoms with Crippen molar-refractivity contribution in [2.45, 2.75) is 57.2 Å². The van der Waals surface area contributed by atoms with Gasteiger partial charge >= 0.3 is 0 Å². The molecule has 3 N–H and O–H groups in total. The largest absolute Gasteiger partial charge is 0.390 e. The highest BCUT2D eigenvalue weighted by molar-refractivity contribution is 4.86. The fourth-order valence-electron chi connectivity index (χ4n) is 2.70. The van der Waals surface area contributed by atoms with Gasteiger partial charge in [-0.15, -0.1) is 0 Å².